The number of carbonyl (C=O) groups is 1. The highest BCUT2D eigenvalue weighted by Gasteiger charge is 2.05. The number of benzene rings is 3. The van der Waals surface area contributed by atoms with Crippen LogP contribution in [0.3, 0.4) is 0 Å². The van der Waals surface area contributed by atoms with Crippen LogP contribution in [0.1, 0.15) is 5.56 Å². The maximum absolute atomic E-state index is 12.8. The van der Waals surface area contributed by atoms with Crippen molar-refractivity contribution in [2.45, 2.75) is 6.42 Å². The molecule has 0 fully saturated rings. The van der Waals surface area contributed by atoms with Gasteiger partial charge in [0.25, 0.3) is 0 Å². The van der Waals surface area contributed by atoms with Gasteiger partial charge in [-0.25, -0.2) is 4.39 Å². The number of hydrogen-bond acceptors (Lipinski definition) is 1. The van der Waals surface area contributed by atoms with Gasteiger partial charge in [0.2, 0.25) is 5.91 Å². The van der Waals surface area contributed by atoms with E-state index >= 15 is 0 Å². The molecule has 3 aromatic rings. The van der Waals surface area contributed by atoms with Gasteiger partial charge in [-0.05, 0) is 41.0 Å². The van der Waals surface area contributed by atoms with Gasteiger partial charge >= 0.3 is 0 Å². The third-order valence-corrected chi connectivity index (χ3v) is 3.55. The standard InChI is InChI=1S/C20H16FNO/c21-18-10-6-15(7-11-18)14-20(23)22-19-12-8-17(9-13-19)16-4-2-1-3-5-16/h1-13H,14H2,(H,22,23). The summed E-state index contributed by atoms with van der Waals surface area (Å²) in [5.41, 5.74) is 3.76. The lowest BCUT2D eigenvalue weighted by molar-refractivity contribution is -0.115. The van der Waals surface area contributed by atoms with Crippen LogP contribution in [0.5, 0.6) is 0 Å². The van der Waals surface area contributed by atoms with Gasteiger partial charge in [0.05, 0.1) is 6.42 Å². The van der Waals surface area contributed by atoms with Crippen molar-refractivity contribution in [3.63, 3.8) is 0 Å². The molecule has 114 valence electrons. The SMILES string of the molecule is O=C(Cc1ccc(F)cc1)Nc1ccc(-c2ccccc2)cc1. The smallest absolute Gasteiger partial charge is 0.228 e. The monoisotopic (exact) mass is 305 g/mol. The molecule has 0 heterocycles. The number of carbonyl (C=O) groups excluding carboxylic acids is 1. The highest BCUT2D eigenvalue weighted by Crippen LogP contribution is 2.21. The Morgan fingerprint density at radius 2 is 1.39 bits per heavy atom. The molecule has 0 aliphatic carbocycles. The van der Waals surface area contributed by atoms with E-state index in [4.69, 9.17) is 0 Å². The van der Waals surface area contributed by atoms with Crippen molar-refractivity contribution in [3.05, 3.63) is 90.2 Å². The van der Waals surface area contributed by atoms with E-state index in [2.05, 4.69) is 5.32 Å². The molecule has 1 amide bonds. The Labute approximate surface area is 134 Å². The van der Waals surface area contributed by atoms with Gasteiger partial charge < -0.3 is 5.32 Å². The summed E-state index contributed by atoms with van der Waals surface area (Å²) in [6, 6.07) is 23.7. The Hall–Kier alpha value is -2.94. The van der Waals surface area contributed by atoms with Crippen molar-refractivity contribution in [1.82, 2.24) is 0 Å². The number of nitrogens with one attached hydrogen (secondary N) is 1. The Bertz CT molecular complexity index is 780. The van der Waals surface area contributed by atoms with Crippen LogP contribution >= 0.6 is 0 Å². The molecule has 0 aliphatic heterocycles. The molecule has 0 atom stereocenters. The molecule has 3 heteroatoms. The van der Waals surface area contributed by atoms with Crippen molar-refractivity contribution in [2.75, 3.05) is 5.32 Å². The quantitative estimate of drug-likeness (QED) is 0.745. The maximum atomic E-state index is 12.8. The first-order valence-corrected chi connectivity index (χ1v) is 7.40. The van der Waals surface area contributed by atoms with Gasteiger partial charge in [0, 0.05) is 5.69 Å². The van der Waals surface area contributed by atoms with E-state index in [0.717, 1.165) is 22.4 Å². The second kappa shape index (κ2) is 6.88. The van der Waals surface area contributed by atoms with Crippen LogP contribution in [0, 0.1) is 5.82 Å². The molecule has 3 aromatic carbocycles. The minimum absolute atomic E-state index is 0.121. The zero-order chi connectivity index (χ0) is 16.1. The van der Waals surface area contributed by atoms with E-state index in [1.807, 2.05) is 54.6 Å². The number of hydrogen-bond donors (Lipinski definition) is 1. The zero-order valence-electron chi connectivity index (χ0n) is 12.5. The van der Waals surface area contributed by atoms with Crippen LogP contribution in [-0.2, 0) is 11.2 Å². The van der Waals surface area contributed by atoms with Crippen LogP contribution in [0.25, 0.3) is 11.1 Å². The molecular weight excluding hydrogens is 289 g/mol. The van der Waals surface area contributed by atoms with Crippen molar-refractivity contribution in [2.24, 2.45) is 0 Å². The third-order valence-electron chi connectivity index (χ3n) is 3.55. The highest BCUT2D eigenvalue weighted by molar-refractivity contribution is 5.92. The Morgan fingerprint density at radius 3 is 2.04 bits per heavy atom. The third kappa shape index (κ3) is 4.04. The molecule has 1 N–H and O–H groups in total. The van der Waals surface area contributed by atoms with Crippen LogP contribution in [0.2, 0.25) is 0 Å². The lowest BCUT2D eigenvalue weighted by Gasteiger charge is -2.07. The van der Waals surface area contributed by atoms with Crippen molar-refractivity contribution >= 4 is 11.6 Å². The minimum Gasteiger partial charge on any atom is -0.326 e. The average molecular weight is 305 g/mol. The lowest BCUT2D eigenvalue weighted by atomic mass is 10.1. The molecule has 0 radical (unpaired) electrons. The maximum Gasteiger partial charge on any atom is 0.228 e. The van der Waals surface area contributed by atoms with E-state index in [1.165, 1.54) is 12.1 Å². The second-order valence-corrected chi connectivity index (χ2v) is 5.29. The van der Waals surface area contributed by atoms with Gasteiger partial charge in [-0.15, -0.1) is 0 Å². The van der Waals surface area contributed by atoms with Gasteiger partial charge in [-0.2, -0.15) is 0 Å². The molecule has 0 aromatic heterocycles. The number of amides is 1. The fourth-order valence-electron chi connectivity index (χ4n) is 2.37. The summed E-state index contributed by atoms with van der Waals surface area (Å²) in [6.07, 6.45) is 0.223. The molecule has 3 rings (SSSR count). The molecule has 0 bridgehead atoms. The van der Waals surface area contributed by atoms with E-state index < -0.39 is 0 Å². The van der Waals surface area contributed by atoms with E-state index in [1.54, 1.807) is 12.1 Å². The summed E-state index contributed by atoms with van der Waals surface area (Å²) in [5, 5.41) is 2.85. The molecule has 0 saturated heterocycles. The zero-order valence-corrected chi connectivity index (χ0v) is 12.5. The van der Waals surface area contributed by atoms with Gasteiger partial charge in [0.15, 0.2) is 0 Å². The molecule has 0 saturated carbocycles. The number of halogens is 1. The summed E-state index contributed by atoms with van der Waals surface area (Å²) in [4.78, 5) is 12.0. The van der Waals surface area contributed by atoms with E-state index in [9.17, 15) is 9.18 Å². The fourth-order valence-corrected chi connectivity index (χ4v) is 2.37. The van der Waals surface area contributed by atoms with Crippen molar-refractivity contribution in [1.29, 1.82) is 0 Å². The number of rotatable bonds is 4. The Kier molecular flexibility index (Phi) is 4.48. The van der Waals surface area contributed by atoms with Crippen molar-refractivity contribution < 1.29 is 9.18 Å². The first kappa shape index (κ1) is 15.0. The summed E-state index contributed by atoms with van der Waals surface area (Å²) in [5.74, 6) is -0.422. The second-order valence-electron chi connectivity index (χ2n) is 5.29. The molecule has 0 spiro atoms. The summed E-state index contributed by atoms with van der Waals surface area (Å²) in [7, 11) is 0. The molecule has 23 heavy (non-hydrogen) atoms. The Balaban J connectivity index is 1.64. The average Bonchev–Trinajstić information content (AvgIpc) is 2.58. The normalized spacial score (nSPS) is 10.3. The number of anilines is 1. The largest absolute Gasteiger partial charge is 0.326 e. The van der Waals surface area contributed by atoms with E-state index in [-0.39, 0.29) is 18.1 Å². The first-order chi connectivity index (χ1) is 11.2. The topological polar surface area (TPSA) is 29.1 Å². The van der Waals surface area contributed by atoms with Crippen molar-refractivity contribution in [3.8, 4) is 11.1 Å². The predicted octanol–water partition coefficient (Wildman–Crippen LogP) is 4.67. The summed E-state index contributed by atoms with van der Waals surface area (Å²) < 4.78 is 12.8. The van der Waals surface area contributed by atoms with Gasteiger partial charge in [0.1, 0.15) is 5.82 Å². The van der Waals surface area contributed by atoms with Gasteiger partial charge in [-0.3, -0.25) is 4.79 Å². The predicted molar refractivity (Wildman–Crippen MR) is 90.6 cm³/mol. The van der Waals surface area contributed by atoms with Crippen LogP contribution in [0.15, 0.2) is 78.9 Å². The minimum atomic E-state index is -0.300. The Morgan fingerprint density at radius 1 is 0.783 bits per heavy atom. The molecule has 0 unspecified atom stereocenters. The van der Waals surface area contributed by atoms with Crippen LogP contribution < -0.4 is 5.32 Å². The molecular formula is C20H16FNO. The molecule has 2 nitrogen and oxygen atoms in total. The van der Waals surface area contributed by atoms with Gasteiger partial charge in [-0.1, -0.05) is 54.6 Å². The fraction of sp³-hybridized carbons (Fsp3) is 0.0500. The summed E-state index contributed by atoms with van der Waals surface area (Å²) >= 11 is 0. The lowest BCUT2D eigenvalue weighted by Crippen LogP contribution is -2.14. The summed E-state index contributed by atoms with van der Waals surface area (Å²) in [6.45, 7) is 0. The van der Waals surface area contributed by atoms with Crippen LogP contribution in [0.4, 0.5) is 10.1 Å². The van der Waals surface area contributed by atoms with Crippen LogP contribution in [-0.4, -0.2) is 5.91 Å². The van der Waals surface area contributed by atoms with E-state index in [0.29, 0.717) is 0 Å². The first-order valence-electron chi connectivity index (χ1n) is 7.40. The molecule has 0 aliphatic rings. The highest BCUT2D eigenvalue weighted by atomic mass is 19.1.